The van der Waals surface area contributed by atoms with E-state index < -0.39 is 0 Å². The van der Waals surface area contributed by atoms with Crippen molar-refractivity contribution in [3.05, 3.63) is 72.3 Å². The highest BCUT2D eigenvalue weighted by atomic mass is 14.7. The summed E-state index contributed by atoms with van der Waals surface area (Å²) >= 11 is 0. The zero-order chi connectivity index (χ0) is 16.0. The lowest BCUT2D eigenvalue weighted by Crippen LogP contribution is -2.10. The van der Waals surface area contributed by atoms with Crippen LogP contribution in [0.2, 0.25) is 0 Å². The lowest BCUT2D eigenvalue weighted by atomic mass is 9.86. The fraction of sp³-hybridized carbons (Fsp3) is 0.182. The molecule has 1 aromatic heterocycles. The van der Waals surface area contributed by atoms with Crippen molar-refractivity contribution >= 4 is 21.7 Å². The van der Waals surface area contributed by atoms with E-state index in [1.807, 2.05) is 0 Å². The van der Waals surface area contributed by atoms with E-state index >= 15 is 0 Å². The third kappa shape index (κ3) is 2.43. The standard InChI is InChI=1S/C22H21N/c1-22(2,3)18-12-10-16(11-13-18)20-14-17-9-8-15-6-4-5-7-19(15)21(17)23-20/h4-14,23H,1-3H3. The Balaban J connectivity index is 1.84. The maximum absolute atomic E-state index is 3.61. The van der Waals surface area contributed by atoms with Crippen LogP contribution in [0, 0.1) is 0 Å². The lowest BCUT2D eigenvalue weighted by molar-refractivity contribution is 0.590. The largest absolute Gasteiger partial charge is 0.354 e. The van der Waals surface area contributed by atoms with E-state index in [0.717, 1.165) is 0 Å². The van der Waals surface area contributed by atoms with Gasteiger partial charge in [-0.3, -0.25) is 0 Å². The summed E-state index contributed by atoms with van der Waals surface area (Å²) in [5.74, 6) is 0. The Labute approximate surface area is 137 Å². The van der Waals surface area contributed by atoms with E-state index in [1.54, 1.807) is 0 Å². The van der Waals surface area contributed by atoms with E-state index in [9.17, 15) is 0 Å². The molecule has 0 bridgehead atoms. The van der Waals surface area contributed by atoms with Gasteiger partial charge in [0.05, 0.1) is 5.52 Å². The number of benzene rings is 3. The van der Waals surface area contributed by atoms with Crippen molar-refractivity contribution in [1.29, 1.82) is 0 Å². The summed E-state index contributed by atoms with van der Waals surface area (Å²) in [6.45, 7) is 6.74. The molecule has 0 saturated carbocycles. The molecule has 0 aliphatic heterocycles. The molecule has 0 radical (unpaired) electrons. The van der Waals surface area contributed by atoms with E-state index in [2.05, 4.69) is 92.5 Å². The van der Waals surface area contributed by atoms with Crippen LogP contribution >= 0.6 is 0 Å². The summed E-state index contributed by atoms with van der Waals surface area (Å²) < 4.78 is 0. The van der Waals surface area contributed by atoms with Crippen LogP contribution in [0.15, 0.2) is 66.7 Å². The van der Waals surface area contributed by atoms with Gasteiger partial charge >= 0.3 is 0 Å². The highest BCUT2D eigenvalue weighted by molar-refractivity contribution is 6.07. The third-order valence-electron chi connectivity index (χ3n) is 4.58. The minimum atomic E-state index is 0.190. The molecular weight excluding hydrogens is 278 g/mol. The first-order chi connectivity index (χ1) is 11.0. The van der Waals surface area contributed by atoms with Gasteiger partial charge in [-0.15, -0.1) is 0 Å². The summed E-state index contributed by atoms with van der Waals surface area (Å²) in [6, 6.07) is 24.1. The molecule has 0 amide bonds. The van der Waals surface area contributed by atoms with Gasteiger partial charge in [0.1, 0.15) is 0 Å². The fourth-order valence-corrected chi connectivity index (χ4v) is 3.18. The van der Waals surface area contributed by atoms with E-state index in [0.29, 0.717) is 0 Å². The van der Waals surface area contributed by atoms with Crippen LogP contribution in [0.4, 0.5) is 0 Å². The Kier molecular flexibility index (Phi) is 3.05. The van der Waals surface area contributed by atoms with Crippen LogP contribution in [0.3, 0.4) is 0 Å². The summed E-state index contributed by atoms with van der Waals surface area (Å²) in [7, 11) is 0. The molecule has 1 nitrogen and oxygen atoms in total. The van der Waals surface area contributed by atoms with Crippen molar-refractivity contribution in [2.45, 2.75) is 26.2 Å². The van der Waals surface area contributed by atoms with Crippen molar-refractivity contribution < 1.29 is 0 Å². The summed E-state index contributed by atoms with van der Waals surface area (Å²) in [5, 5.41) is 3.82. The second-order valence-corrected chi connectivity index (χ2v) is 7.26. The Hall–Kier alpha value is -2.54. The molecule has 0 aliphatic carbocycles. The van der Waals surface area contributed by atoms with Gasteiger partial charge in [-0.05, 0) is 28.0 Å². The summed E-state index contributed by atoms with van der Waals surface area (Å²) in [6.07, 6.45) is 0. The van der Waals surface area contributed by atoms with Gasteiger partial charge in [-0.2, -0.15) is 0 Å². The molecule has 1 heteroatoms. The Morgan fingerprint density at radius 2 is 1.43 bits per heavy atom. The van der Waals surface area contributed by atoms with Gasteiger partial charge in [-0.1, -0.05) is 81.4 Å². The Morgan fingerprint density at radius 1 is 0.739 bits per heavy atom. The molecule has 4 aromatic rings. The molecule has 114 valence electrons. The highest BCUT2D eigenvalue weighted by Crippen LogP contribution is 2.31. The molecule has 0 unspecified atom stereocenters. The van der Waals surface area contributed by atoms with E-state index in [1.165, 1.54) is 38.5 Å². The number of rotatable bonds is 1. The molecule has 0 saturated heterocycles. The molecule has 0 spiro atoms. The van der Waals surface area contributed by atoms with Crippen molar-refractivity contribution in [3.63, 3.8) is 0 Å². The quantitative estimate of drug-likeness (QED) is 0.425. The van der Waals surface area contributed by atoms with Gasteiger partial charge in [-0.25, -0.2) is 0 Å². The predicted octanol–water partition coefficient (Wildman–Crippen LogP) is 6.29. The van der Waals surface area contributed by atoms with Crippen LogP contribution in [0.25, 0.3) is 32.9 Å². The second kappa shape index (κ2) is 4.99. The highest BCUT2D eigenvalue weighted by Gasteiger charge is 2.13. The van der Waals surface area contributed by atoms with Gasteiger partial charge in [0, 0.05) is 16.5 Å². The first-order valence-electron chi connectivity index (χ1n) is 8.14. The van der Waals surface area contributed by atoms with Gasteiger partial charge in [0.25, 0.3) is 0 Å². The molecule has 0 fully saturated rings. The molecule has 4 rings (SSSR count). The molecule has 0 aliphatic rings. The van der Waals surface area contributed by atoms with Gasteiger partial charge < -0.3 is 4.98 Å². The molecule has 0 atom stereocenters. The third-order valence-corrected chi connectivity index (χ3v) is 4.58. The van der Waals surface area contributed by atoms with E-state index in [4.69, 9.17) is 0 Å². The normalized spacial score (nSPS) is 12.1. The number of aromatic nitrogens is 1. The zero-order valence-electron chi connectivity index (χ0n) is 13.9. The average Bonchev–Trinajstić information content (AvgIpc) is 2.99. The first-order valence-corrected chi connectivity index (χ1v) is 8.14. The molecule has 1 N–H and O–H groups in total. The van der Waals surface area contributed by atoms with Crippen LogP contribution in [-0.4, -0.2) is 4.98 Å². The molecular formula is C22H21N. The molecule has 1 heterocycles. The van der Waals surface area contributed by atoms with Crippen LogP contribution in [0.5, 0.6) is 0 Å². The maximum Gasteiger partial charge on any atom is 0.0538 e. The molecule has 3 aromatic carbocycles. The summed E-state index contributed by atoms with van der Waals surface area (Å²) in [5.41, 5.74) is 5.19. The van der Waals surface area contributed by atoms with Gasteiger partial charge in [0.15, 0.2) is 0 Å². The SMILES string of the molecule is CC(C)(C)c1ccc(-c2cc3ccc4ccccc4c3[nH]2)cc1. The van der Waals surface area contributed by atoms with Crippen molar-refractivity contribution in [3.8, 4) is 11.3 Å². The Bertz CT molecular complexity index is 982. The number of aromatic amines is 1. The topological polar surface area (TPSA) is 15.8 Å². The first kappa shape index (κ1) is 14.1. The number of fused-ring (bicyclic) bond motifs is 3. The van der Waals surface area contributed by atoms with Crippen molar-refractivity contribution in [2.75, 3.05) is 0 Å². The van der Waals surface area contributed by atoms with Gasteiger partial charge in [0.2, 0.25) is 0 Å². The molecule has 23 heavy (non-hydrogen) atoms. The van der Waals surface area contributed by atoms with Crippen LogP contribution in [-0.2, 0) is 5.41 Å². The number of hydrogen-bond donors (Lipinski definition) is 1. The lowest BCUT2D eigenvalue weighted by Gasteiger charge is -2.19. The zero-order valence-corrected chi connectivity index (χ0v) is 13.9. The van der Waals surface area contributed by atoms with Crippen molar-refractivity contribution in [2.24, 2.45) is 0 Å². The van der Waals surface area contributed by atoms with Crippen LogP contribution in [0.1, 0.15) is 26.3 Å². The Morgan fingerprint density at radius 3 is 2.17 bits per heavy atom. The number of H-pyrrole nitrogens is 1. The second-order valence-electron chi connectivity index (χ2n) is 7.26. The van der Waals surface area contributed by atoms with Crippen LogP contribution < -0.4 is 0 Å². The average molecular weight is 299 g/mol. The monoisotopic (exact) mass is 299 g/mol. The number of hydrogen-bond acceptors (Lipinski definition) is 0. The van der Waals surface area contributed by atoms with Crippen molar-refractivity contribution in [1.82, 2.24) is 4.98 Å². The minimum absolute atomic E-state index is 0.190. The minimum Gasteiger partial charge on any atom is -0.354 e. The fourth-order valence-electron chi connectivity index (χ4n) is 3.18. The smallest absolute Gasteiger partial charge is 0.0538 e. The number of nitrogens with one attached hydrogen (secondary N) is 1. The predicted molar refractivity (Wildman–Crippen MR) is 99.9 cm³/mol. The van der Waals surface area contributed by atoms with E-state index in [-0.39, 0.29) is 5.41 Å². The maximum atomic E-state index is 3.61. The summed E-state index contributed by atoms with van der Waals surface area (Å²) in [4.78, 5) is 3.61.